The Hall–Kier alpha value is -0.650. The van der Waals surface area contributed by atoms with Crippen molar-refractivity contribution in [3.8, 4) is 0 Å². The smallest absolute Gasteiger partial charge is 0.323 e. The SMILES string of the molecule is CC(C)COCCOC(=O)[C@H](N)CCO. The molecule has 0 bridgehead atoms. The molecule has 0 fully saturated rings. The Labute approximate surface area is 90.5 Å². The molecule has 0 aliphatic heterocycles. The average molecular weight is 219 g/mol. The average Bonchev–Trinajstić information content (AvgIpc) is 2.16. The summed E-state index contributed by atoms with van der Waals surface area (Å²) in [4.78, 5) is 11.1. The maximum atomic E-state index is 11.1. The van der Waals surface area contributed by atoms with E-state index >= 15 is 0 Å². The molecule has 5 heteroatoms. The topological polar surface area (TPSA) is 81.8 Å². The van der Waals surface area contributed by atoms with Crippen molar-refractivity contribution in [1.82, 2.24) is 0 Å². The summed E-state index contributed by atoms with van der Waals surface area (Å²) < 4.78 is 10.1. The van der Waals surface area contributed by atoms with Crippen molar-refractivity contribution in [2.45, 2.75) is 26.3 Å². The molecular formula is C10H21NO4. The largest absolute Gasteiger partial charge is 0.462 e. The molecule has 0 spiro atoms. The van der Waals surface area contributed by atoms with Gasteiger partial charge in [0.2, 0.25) is 0 Å². The van der Waals surface area contributed by atoms with Crippen LogP contribution in [0.5, 0.6) is 0 Å². The zero-order valence-electron chi connectivity index (χ0n) is 9.44. The molecule has 0 saturated carbocycles. The molecule has 0 aromatic carbocycles. The highest BCUT2D eigenvalue weighted by molar-refractivity contribution is 5.75. The lowest BCUT2D eigenvalue weighted by molar-refractivity contribution is -0.147. The second-order valence-corrected chi connectivity index (χ2v) is 3.76. The van der Waals surface area contributed by atoms with Gasteiger partial charge in [0.1, 0.15) is 12.6 Å². The Morgan fingerprint density at radius 2 is 2.07 bits per heavy atom. The van der Waals surface area contributed by atoms with Gasteiger partial charge in [-0.3, -0.25) is 4.79 Å². The first-order valence-electron chi connectivity index (χ1n) is 5.18. The lowest BCUT2D eigenvalue weighted by Crippen LogP contribution is -2.33. The molecule has 0 aromatic rings. The van der Waals surface area contributed by atoms with Crippen LogP contribution in [0.4, 0.5) is 0 Å². The molecule has 3 N–H and O–H groups in total. The molecule has 15 heavy (non-hydrogen) atoms. The Bertz CT molecular complexity index is 173. The maximum absolute atomic E-state index is 11.1. The summed E-state index contributed by atoms with van der Waals surface area (Å²) in [5, 5.41) is 8.54. The lowest BCUT2D eigenvalue weighted by atomic mass is 10.2. The third kappa shape index (κ3) is 8.35. The van der Waals surface area contributed by atoms with Crippen molar-refractivity contribution in [3.05, 3.63) is 0 Å². The molecule has 0 aliphatic rings. The fourth-order valence-electron chi connectivity index (χ4n) is 0.884. The Balaban J connectivity index is 3.38. The number of aliphatic hydroxyl groups is 1. The van der Waals surface area contributed by atoms with E-state index in [1.165, 1.54) is 0 Å². The summed E-state index contributed by atoms with van der Waals surface area (Å²) in [7, 11) is 0. The molecule has 0 rings (SSSR count). The van der Waals surface area contributed by atoms with Crippen LogP contribution in [0.25, 0.3) is 0 Å². The van der Waals surface area contributed by atoms with Gasteiger partial charge in [0.25, 0.3) is 0 Å². The van der Waals surface area contributed by atoms with E-state index in [-0.39, 0.29) is 19.6 Å². The van der Waals surface area contributed by atoms with Crippen LogP contribution in [0.2, 0.25) is 0 Å². The van der Waals surface area contributed by atoms with Gasteiger partial charge in [-0.25, -0.2) is 0 Å². The summed E-state index contributed by atoms with van der Waals surface area (Å²) in [6.45, 7) is 5.23. The van der Waals surface area contributed by atoms with E-state index in [0.717, 1.165) is 0 Å². The van der Waals surface area contributed by atoms with Gasteiger partial charge in [-0.05, 0) is 12.3 Å². The molecule has 1 atom stereocenters. The van der Waals surface area contributed by atoms with Crippen molar-refractivity contribution in [3.63, 3.8) is 0 Å². The number of rotatable bonds is 8. The van der Waals surface area contributed by atoms with Crippen LogP contribution in [-0.2, 0) is 14.3 Å². The molecule has 0 aliphatic carbocycles. The summed E-state index contributed by atoms with van der Waals surface area (Å²) in [5.74, 6) is -0.0189. The summed E-state index contributed by atoms with van der Waals surface area (Å²) in [5.41, 5.74) is 5.42. The van der Waals surface area contributed by atoms with Crippen LogP contribution in [0.3, 0.4) is 0 Å². The zero-order chi connectivity index (χ0) is 11.7. The maximum Gasteiger partial charge on any atom is 0.323 e. The fourth-order valence-corrected chi connectivity index (χ4v) is 0.884. The van der Waals surface area contributed by atoms with E-state index in [2.05, 4.69) is 0 Å². The summed E-state index contributed by atoms with van der Waals surface area (Å²) in [6, 6.07) is -0.736. The molecule has 90 valence electrons. The van der Waals surface area contributed by atoms with Crippen LogP contribution >= 0.6 is 0 Å². The van der Waals surface area contributed by atoms with E-state index < -0.39 is 12.0 Å². The second kappa shape index (κ2) is 8.64. The molecule has 0 saturated heterocycles. The van der Waals surface area contributed by atoms with Crippen LogP contribution in [0.1, 0.15) is 20.3 Å². The van der Waals surface area contributed by atoms with Crippen molar-refractivity contribution in [1.29, 1.82) is 0 Å². The number of ether oxygens (including phenoxy) is 2. The molecule has 5 nitrogen and oxygen atoms in total. The van der Waals surface area contributed by atoms with E-state index in [0.29, 0.717) is 19.1 Å². The first-order valence-corrected chi connectivity index (χ1v) is 5.18. The van der Waals surface area contributed by atoms with Crippen LogP contribution in [0.15, 0.2) is 0 Å². The number of hydrogen-bond donors (Lipinski definition) is 2. The normalized spacial score (nSPS) is 12.9. The minimum Gasteiger partial charge on any atom is -0.462 e. The minimum absolute atomic E-state index is 0.111. The van der Waals surface area contributed by atoms with Crippen LogP contribution in [-0.4, -0.2) is 43.5 Å². The van der Waals surface area contributed by atoms with Crippen molar-refractivity contribution in [2.75, 3.05) is 26.4 Å². The van der Waals surface area contributed by atoms with Gasteiger partial charge in [0.05, 0.1) is 6.61 Å². The number of hydrogen-bond acceptors (Lipinski definition) is 5. The molecule has 0 aromatic heterocycles. The number of esters is 1. The first-order chi connectivity index (χ1) is 7.07. The molecule has 0 unspecified atom stereocenters. The number of aliphatic hydroxyl groups excluding tert-OH is 1. The Kier molecular flexibility index (Phi) is 8.27. The lowest BCUT2D eigenvalue weighted by Gasteiger charge is -2.11. The van der Waals surface area contributed by atoms with Crippen LogP contribution in [0, 0.1) is 5.92 Å². The Morgan fingerprint density at radius 3 is 2.60 bits per heavy atom. The Morgan fingerprint density at radius 1 is 1.40 bits per heavy atom. The molecular weight excluding hydrogens is 198 g/mol. The van der Waals surface area contributed by atoms with Crippen molar-refractivity contribution in [2.24, 2.45) is 11.7 Å². The molecule has 0 amide bonds. The number of nitrogens with two attached hydrogens (primary N) is 1. The summed E-state index contributed by atoms with van der Waals surface area (Å²) in [6.07, 6.45) is 0.228. The highest BCUT2D eigenvalue weighted by Crippen LogP contribution is 1.94. The van der Waals surface area contributed by atoms with E-state index in [4.69, 9.17) is 20.3 Å². The highest BCUT2D eigenvalue weighted by Gasteiger charge is 2.13. The number of carbonyl (C=O) groups excluding carboxylic acids is 1. The standard InChI is InChI=1S/C10H21NO4/c1-8(2)7-14-5-6-15-10(13)9(11)3-4-12/h8-9,12H,3-7,11H2,1-2H3/t9-/m1/s1. The second-order valence-electron chi connectivity index (χ2n) is 3.76. The van der Waals surface area contributed by atoms with Crippen LogP contribution < -0.4 is 5.73 Å². The zero-order valence-corrected chi connectivity index (χ0v) is 9.44. The van der Waals surface area contributed by atoms with Gasteiger partial charge in [-0.15, -0.1) is 0 Å². The predicted octanol–water partition coefficient (Wildman–Crippen LogP) is -0.0881. The van der Waals surface area contributed by atoms with E-state index in [9.17, 15) is 4.79 Å². The minimum atomic E-state index is -0.736. The third-order valence-electron chi connectivity index (χ3n) is 1.67. The number of carbonyl (C=O) groups is 1. The van der Waals surface area contributed by atoms with E-state index in [1.807, 2.05) is 13.8 Å². The van der Waals surface area contributed by atoms with Crippen molar-refractivity contribution >= 4 is 5.97 Å². The van der Waals surface area contributed by atoms with Gasteiger partial charge in [-0.2, -0.15) is 0 Å². The highest BCUT2D eigenvalue weighted by atomic mass is 16.6. The van der Waals surface area contributed by atoms with Gasteiger partial charge < -0.3 is 20.3 Å². The first kappa shape index (κ1) is 14.3. The third-order valence-corrected chi connectivity index (χ3v) is 1.67. The monoisotopic (exact) mass is 219 g/mol. The fraction of sp³-hybridized carbons (Fsp3) is 0.900. The van der Waals surface area contributed by atoms with Gasteiger partial charge in [0.15, 0.2) is 0 Å². The van der Waals surface area contributed by atoms with E-state index in [1.54, 1.807) is 0 Å². The van der Waals surface area contributed by atoms with Crippen molar-refractivity contribution < 1.29 is 19.4 Å². The molecule has 0 radical (unpaired) electrons. The quantitative estimate of drug-likeness (QED) is 0.440. The predicted molar refractivity (Wildman–Crippen MR) is 56.3 cm³/mol. The summed E-state index contributed by atoms with van der Waals surface area (Å²) >= 11 is 0. The van der Waals surface area contributed by atoms with Gasteiger partial charge in [-0.1, -0.05) is 13.8 Å². The molecule has 0 heterocycles. The van der Waals surface area contributed by atoms with Gasteiger partial charge in [0, 0.05) is 13.2 Å². The van der Waals surface area contributed by atoms with Gasteiger partial charge >= 0.3 is 5.97 Å².